The van der Waals surface area contributed by atoms with E-state index in [1.165, 1.54) is 39.0 Å². The molecule has 1 heterocycles. The van der Waals surface area contributed by atoms with E-state index in [4.69, 9.17) is 4.43 Å². The lowest BCUT2D eigenvalue weighted by Gasteiger charge is -2.35. The highest BCUT2D eigenvalue weighted by atomic mass is 28.3. The quantitative estimate of drug-likeness (QED) is 0.248. The lowest BCUT2D eigenvalue weighted by atomic mass is 9.84. The fourth-order valence-corrected chi connectivity index (χ4v) is 8.16. The lowest BCUT2D eigenvalue weighted by Crippen LogP contribution is -2.47. The van der Waals surface area contributed by atoms with Gasteiger partial charge in [-0.25, -0.2) is 0 Å². The Morgan fingerprint density at radius 3 is 1.89 bits per heavy atom. The van der Waals surface area contributed by atoms with Crippen LogP contribution in [0.5, 0.6) is 0 Å². The van der Waals surface area contributed by atoms with E-state index in [0.29, 0.717) is 0 Å². The first-order valence-corrected chi connectivity index (χ1v) is 15.2. The fourth-order valence-electron chi connectivity index (χ4n) is 5.48. The van der Waals surface area contributed by atoms with Crippen molar-refractivity contribution in [2.24, 2.45) is 5.41 Å². The lowest BCUT2D eigenvalue weighted by molar-refractivity contribution is 0.0896. The molecular weight excluding hydrogens is 466 g/mol. The Labute approximate surface area is 224 Å². The minimum atomic E-state index is -1.87. The van der Waals surface area contributed by atoms with E-state index in [2.05, 4.69) is 135 Å². The molecule has 0 saturated carbocycles. The van der Waals surface area contributed by atoms with Gasteiger partial charge in [-0.3, -0.25) is 4.90 Å². The second-order valence-electron chi connectivity index (χ2n) is 11.4. The SMILES string of the molecule is CC(C)(C)C(O[SiH](c1ccccc1)c1ccccc1)c1ccc2c(c1)CN(CCCc1ccccc1)C2. The van der Waals surface area contributed by atoms with Crippen molar-refractivity contribution in [1.29, 1.82) is 0 Å². The first-order valence-electron chi connectivity index (χ1n) is 13.6. The summed E-state index contributed by atoms with van der Waals surface area (Å²) in [6, 6.07) is 39.6. The summed E-state index contributed by atoms with van der Waals surface area (Å²) in [5.41, 5.74) is 5.66. The van der Waals surface area contributed by atoms with Crippen LogP contribution in [-0.2, 0) is 23.9 Å². The van der Waals surface area contributed by atoms with E-state index in [1.807, 2.05) is 0 Å². The maximum atomic E-state index is 7.20. The Hall–Kier alpha value is -2.98. The third-order valence-corrected chi connectivity index (χ3v) is 9.89. The van der Waals surface area contributed by atoms with Gasteiger partial charge in [0.2, 0.25) is 9.04 Å². The van der Waals surface area contributed by atoms with Crippen LogP contribution in [0.2, 0.25) is 0 Å². The smallest absolute Gasteiger partial charge is 0.240 e. The Kier molecular flexibility index (Phi) is 8.04. The Bertz CT molecular complexity index is 1230. The molecule has 0 aromatic heterocycles. The van der Waals surface area contributed by atoms with Crippen molar-refractivity contribution in [3.63, 3.8) is 0 Å². The van der Waals surface area contributed by atoms with Gasteiger partial charge in [0, 0.05) is 13.1 Å². The number of rotatable bonds is 9. The molecule has 37 heavy (non-hydrogen) atoms. The van der Waals surface area contributed by atoms with Crippen LogP contribution < -0.4 is 10.4 Å². The maximum absolute atomic E-state index is 7.20. The standard InChI is InChI=1S/C34H39NOSi/c1-34(2,3)33(36-37(31-17-9-5-10-18-31)32-19-11-6-12-20-32)28-21-22-29-25-35(26-30(29)24-28)23-13-16-27-14-7-4-8-15-27/h4-12,14-15,17-22,24,33,37H,13,16,23,25-26H2,1-3H3. The van der Waals surface area contributed by atoms with Crippen molar-refractivity contribution in [1.82, 2.24) is 4.90 Å². The van der Waals surface area contributed by atoms with Gasteiger partial charge < -0.3 is 4.43 Å². The molecule has 1 aliphatic rings. The van der Waals surface area contributed by atoms with Gasteiger partial charge in [0.05, 0.1) is 6.10 Å². The van der Waals surface area contributed by atoms with Crippen LogP contribution in [0, 0.1) is 5.41 Å². The molecule has 0 N–H and O–H groups in total. The van der Waals surface area contributed by atoms with Crippen LogP contribution in [0.25, 0.3) is 0 Å². The van der Waals surface area contributed by atoms with Gasteiger partial charge in [-0.1, -0.05) is 130 Å². The summed E-state index contributed by atoms with van der Waals surface area (Å²) in [5.74, 6) is 0. The molecule has 0 spiro atoms. The van der Waals surface area contributed by atoms with Crippen molar-refractivity contribution in [2.75, 3.05) is 6.54 Å². The molecule has 2 nitrogen and oxygen atoms in total. The molecule has 0 aliphatic carbocycles. The minimum Gasteiger partial charge on any atom is -0.403 e. The molecule has 1 aliphatic heterocycles. The molecule has 4 aromatic carbocycles. The van der Waals surface area contributed by atoms with E-state index in [1.54, 1.807) is 0 Å². The van der Waals surface area contributed by atoms with Crippen LogP contribution in [-0.4, -0.2) is 20.5 Å². The maximum Gasteiger partial charge on any atom is 0.240 e. The van der Waals surface area contributed by atoms with Crippen molar-refractivity contribution in [3.8, 4) is 0 Å². The molecule has 0 fully saturated rings. The Balaban J connectivity index is 1.33. The molecule has 190 valence electrons. The second-order valence-corrected chi connectivity index (χ2v) is 13.8. The van der Waals surface area contributed by atoms with Gasteiger partial charge in [0.15, 0.2) is 0 Å². The second kappa shape index (κ2) is 11.6. The largest absolute Gasteiger partial charge is 0.403 e. The summed E-state index contributed by atoms with van der Waals surface area (Å²) in [6.07, 6.45) is 2.37. The number of nitrogens with zero attached hydrogens (tertiary/aromatic N) is 1. The van der Waals surface area contributed by atoms with E-state index < -0.39 is 9.04 Å². The number of hydrogen-bond acceptors (Lipinski definition) is 2. The van der Waals surface area contributed by atoms with E-state index in [9.17, 15) is 0 Å². The minimum absolute atomic E-state index is 0.0168. The number of hydrogen-bond donors (Lipinski definition) is 0. The molecule has 0 radical (unpaired) electrons. The van der Waals surface area contributed by atoms with Crippen LogP contribution in [0.15, 0.2) is 109 Å². The molecule has 0 bridgehead atoms. The number of benzene rings is 4. The third kappa shape index (κ3) is 6.48. The summed E-state index contributed by atoms with van der Waals surface area (Å²) in [7, 11) is -1.87. The van der Waals surface area contributed by atoms with E-state index >= 15 is 0 Å². The predicted octanol–water partition coefficient (Wildman–Crippen LogP) is 6.28. The van der Waals surface area contributed by atoms with Crippen molar-refractivity contribution in [2.45, 2.75) is 52.8 Å². The zero-order chi connectivity index (χ0) is 25.7. The first-order chi connectivity index (χ1) is 18.0. The van der Waals surface area contributed by atoms with Gasteiger partial charge in [-0.2, -0.15) is 0 Å². The zero-order valence-electron chi connectivity index (χ0n) is 22.4. The van der Waals surface area contributed by atoms with Gasteiger partial charge in [0.1, 0.15) is 0 Å². The molecule has 5 rings (SSSR count). The molecule has 4 aromatic rings. The highest BCUT2D eigenvalue weighted by Crippen LogP contribution is 2.38. The molecule has 1 atom stereocenters. The van der Waals surface area contributed by atoms with E-state index in [-0.39, 0.29) is 11.5 Å². The summed E-state index contributed by atoms with van der Waals surface area (Å²) in [4.78, 5) is 2.59. The fraction of sp³-hybridized carbons (Fsp3) is 0.294. The third-order valence-electron chi connectivity index (χ3n) is 7.37. The summed E-state index contributed by atoms with van der Waals surface area (Å²) in [6.45, 7) is 10.1. The first kappa shape index (κ1) is 25.7. The number of aryl methyl sites for hydroxylation is 1. The summed E-state index contributed by atoms with van der Waals surface area (Å²) >= 11 is 0. The van der Waals surface area contributed by atoms with Crippen molar-refractivity contribution < 1.29 is 4.43 Å². The summed E-state index contributed by atoms with van der Waals surface area (Å²) < 4.78 is 7.20. The van der Waals surface area contributed by atoms with Gasteiger partial charge in [-0.05, 0) is 57.4 Å². The molecule has 3 heteroatoms. The molecule has 0 saturated heterocycles. The number of fused-ring (bicyclic) bond motifs is 1. The van der Waals surface area contributed by atoms with Crippen LogP contribution in [0.1, 0.15) is 55.5 Å². The average molecular weight is 506 g/mol. The summed E-state index contributed by atoms with van der Waals surface area (Å²) in [5, 5.41) is 2.66. The normalized spacial score (nSPS) is 14.6. The van der Waals surface area contributed by atoms with Crippen LogP contribution in [0.4, 0.5) is 0 Å². The monoisotopic (exact) mass is 505 g/mol. The Morgan fingerprint density at radius 1 is 0.730 bits per heavy atom. The van der Waals surface area contributed by atoms with Crippen molar-refractivity contribution >= 4 is 19.4 Å². The zero-order valence-corrected chi connectivity index (χ0v) is 23.6. The van der Waals surface area contributed by atoms with Gasteiger partial charge >= 0.3 is 0 Å². The van der Waals surface area contributed by atoms with Crippen LogP contribution >= 0.6 is 0 Å². The molecule has 1 unspecified atom stereocenters. The Morgan fingerprint density at radius 2 is 1.30 bits per heavy atom. The topological polar surface area (TPSA) is 12.5 Å². The highest BCUT2D eigenvalue weighted by Gasteiger charge is 2.33. The van der Waals surface area contributed by atoms with Crippen molar-refractivity contribution in [3.05, 3.63) is 131 Å². The van der Waals surface area contributed by atoms with Gasteiger partial charge in [0.25, 0.3) is 0 Å². The van der Waals surface area contributed by atoms with E-state index in [0.717, 1.165) is 26.1 Å². The molecular formula is C34H39NOSi. The van der Waals surface area contributed by atoms with Crippen LogP contribution in [0.3, 0.4) is 0 Å². The molecule has 0 amide bonds. The highest BCUT2D eigenvalue weighted by molar-refractivity contribution is 6.80. The predicted molar refractivity (Wildman–Crippen MR) is 158 cm³/mol. The average Bonchev–Trinajstić information content (AvgIpc) is 3.32. The van der Waals surface area contributed by atoms with Gasteiger partial charge in [-0.15, -0.1) is 0 Å².